The summed E-state index contributed by atoms with van der Waals surface area (Å²) in [5, 5.41) is 13.3. The number of hydrogen-bond donors (Lipinski definition) is 2. The second-order valence-corrected chi connectivity index (χ2v) is 7.34. The van der Waals surface area contributed by atoms with Crippen LogP contribution in [0.25, 0.3) is 0 Å². The van der Waals surface area contributed by atoms with E-state index in [1.165, 1.54) is 43.4 Å². The van der Waals surface area contributed by atoms with Crippen LogP contribution in [0.3, 0.4) is 0 Å². The normalized spacial score (nSPS) is 20.8. The minimum atomic E-state index is -0.107. The first-order valence-electron chi connectivity index (χ1n) is 9.66. The largest absolute Gasteiger partial charge is 0.393 e. The van der Waals surface area contributed by atoms with E-state index in [9.17, 15) is 5.11 Å². The molecule has 0 amide bonds. The Labute approximate surface area is 146 Å². The molecule has 3 nitrogen and oxygen atoms in total. The molecule has 2 aliphatic rings. The summed E-state index contributed by atoms with van der Waals surface area (Å²) < 4.78 is 0. The topological polar surface area (TPSA) is 35.5 Å². The third-order valence-electron chi connectivity index (χ3n) is 5.50. The smallest absolute Gasteiger partial charge is 0.0574 e. The van der Waals surface area contributed by atoms with Crippen molar-refractivity contribution in [2.24, 2.45) is 0 Å². The van der Waals surface area contributed by atoms with Crippen LogP contribution >= 0.6 is 0 Å². The van der Waals surface area contributed by atoms with Gasteiger partial charge in [0, 0.05) is 24.8 Å². The van der Waals surface area contributed by atoms with Crippen molar-refractivity contribution in [1.29, 1.82) is 0 Å². The highest BCUT2D eigenvalue weighted by atomic mass is 16.3. The van der Waals surface area contributed by atoms with Gasteiger partial charge in [-0.25, -0.2) is 0 Å². The predicted molar refractivity (Wildman–Crippen MR) is 101 cm³/mol. The molecule has 24 heavy (non-hydrogen) atoms. The molecule has 1 unspecified atom stereocenters. The number of anilines is 1. The van der Waals surface area contributed by atoms with E-state index in [-0.39, 0.29) is 6.10 Å². The van der Waals surface area contributed by atoms with Crippen molar-refractivity contribution < 1.29 is 5.11 Å². The second kappa shape index (κ2) is 8.68. The molecule has 0 spiro atoms. The zero-order valence-corrected chi connectivity index (χ0v) is 15.0. The summed E-state index contributed by atoms with van der Waals surface area (Å²) >= 11 is 0. The van der Waals surface area contributed by atoms with Crippen LogP contribution in [0.2, 0.25) is 0 Å². The number of aliphatic hydroxyl groups excluding tert-OH is 1. The van der Waals surface area contributed by atoms with Gasteiger partial charge in [0.15, 0.2) is 0 Å². The van der Waals surface area contributed by atoms with Crippen molar-refractivity contribution in [3.05, 3.63) is 41.5 Å². The van der Waals surface area contributed by atoms with Crippen LogP contribution in [-0.2, 0) is 0 Å². The highest BCUT2D eigenvalue weighted by molar-refractivity contribution is 5.48. The number of hydrogen-bond acceptors (Lipinski definition) is 3. The highest BCUT2D eigenvalue weighted by Crippen LogP contribution is 2.23. The Morgan fingerprint density at radius 3 is 2.58 bits per heavy atom. The zero-order valence-electron chi connectivity index (χ0n) is 15.0. The summed E-state index contributed by atoms with van der Waals surface area (Å²) in [5.41, 5.74) is 4.28. The molecule has 0 aromatic heterocycles. The molecule has 1 saturated heterocycles. The molecule has 132 valence electrons. The van der Waals surface area contributed by atoms with Crippen molar-refractivity contribution in [1.82, 2.24) is 5.32 Å². The average molecular weight is 329 g/mol. The van der Waals surface area contributed by atoms with Gasteiger partial charge in [-0.2, -0.15) is 0 Å². The summed E-state index contributed by atoms with van der Waals surface area (Å²) in [5.74, 6) is 0. The summed E-state index contributed by atoms with van der Waals surface area (Å²) in [6.07, 6.45) is 10.6. The van der Waals surface area contributed by atoms with Gasteiger partial charge in [0.05, 0.1) is 6.10 Å². The van der Waals surface area contributed by atoms with Crippen molar-refractivity contribution >= 4 is 5.69 Å². The number of allylic oxidation sites excluding steroid dienone is 1. The average Bonchev–Trinajstić information content (AvgIpc) is 2.63. The molecule has 1 aromatic rings. The maximum absolute atomic E-state index is 9.63. The number of rotatable bonds is 6. The van der Waals surface area contributed by atoms with Gasteiger partial charge >= 0.3 is 0 Å². The Bertz CT molecular complexity index is 529. The lowest BCUT2D eigenvalue weighted by molar-refractivity contribution is 0.145. The van der Waals surface area contributed by atoms with Gasteiger partial charge in [0.25, 0.3) is 0 Å². The zero-order chi connectivity index (χ0) is 16.8. The summed E-state index contributed by atoms with van der Waals surface area (Å²) in [7, 11) is 0. The molecule has 3 rings (SSSR count). The van der Waals surface area contributed by atoms with E-state index in [0.29, 0.717) is 6.04 Å². The Balaban J connectivity index is 1.46. The van der Waals surface area contributed by atoms with Gasteiger partial charge in [0.1, 0.15) is 0 Å². The quantitative estimate of drug-likeness (QED) is 0.769. The van der Waals surface area contributed by atoms with Crippen LogP contribution < -0.4 is 10.2 Å². The molecule has 1 atom stereocenters. The van der Waals surface area contributed by atoms with E-state index in [4.69, 9.17) is 0 Å². The molecule has 1 fully saturated rings. The standard InChI is InChI=1S/C21H32N2O/c1-17(22-14-11-18-5-3-2-4-6-18)19-7-9-20(10-8-19)23-15-12-21(24)13-16-23/h5,7-10,17,21-22,24H,2-4,6,11-16H2,1H3. The van der Waals surface area contributed by atoms with Gasteiger partial charge in [-0.1, -0.05) is 23.8 Å². The third kappa shape index (κ3) is 4.84. The minimum absolute atomic E-state index is 0.107. The molecule has 1 aliphatic heterocycles. The van der Waals surface area contributed by atoms with E-state index in [2.05, 4.69) is 47.5 Å². The SMILES string of the molecule is CC(NCCC1=CCCCC1)c1ccc(N2CCC(O)CC2)cc1. The van der Waals surface area contributed by atoms with Gasteiger partial charge in [0.2, 0.25) is 0 Å². The molecular weight excluding hydrogens is 296 g/mol. The van der Waals surface area contributed by atoms with Gasteiger partial charge < -0.3 is 15.3 Å². The molecule has 3 heteroatoms. The number of piperidine rings is 1. The van der Waals surface area contributed by atoms with Crippen LogP contribution in [0.4, 0.5) is 5.69 Å². The number of nitrogens with one attached hydrogen (secondary N) is 1. The molecule has 1 aromatic carbocycles. The molecule has 0 radical (unpaired) electrons. The van der Waals surface area contributed by atoms with E-state index < -0.39 is 0 Å². The van der Waals surface area contributed by atoms with Crippen LogP contribution in [0, 0.1) is 0 Å². The van der Waals surface area contributed by atoms with E-state index >= 15 is 0 Å². The lowest BCUT2D eigenvalue weighted by atomic mass is 9.97. The number of aliphatic hydroxyl groups is 1. The summed E-state index contributed by atoms with van der Waals surface area (Å²) in [6, 6.07) is 9.35. The fraction of sp³-hybridized carbons (Fsp3) is 0.619. The van der Waals surface area contributed by atoms with Gasteiger partial charge in [-0.05, 0) is 76.1 Å². The third-order valence-corrected chi connectivity index (χ3v) is 5.50. The monoisotopic (exact) mass is 328 g/mol. The van der Waals surface area contributed by atoms with Crippen molar-refractivity contribution in [2.75, 3.05) is 24.5 Å². The Morgan fingerprint density at radius 2 is 1.92 bits per heavy atom. The van der Waals surface area contributed by atoms with E-state index in [1.54, 1.807) is 5.57 Å². The van der Waals surface area contributed by atoms with Gasteiger partial charge in [-0.3, -0.25) is 0 Å². The molecule has 0 bridgehead atoms. The van der Waals surface area contributed by atoms with Crippen LogP contribution in [-0.4, -0.2) is 30.8 Å². The van der Waals surface area contributed by atoms with E-state index in [1.807, 2.05) is 0 Å². The summed E-state index contributed by atoms with van der Waals surface area (Å²) in [6.45, 7) is 5.24. The van der Waals surface area contributed by atoms with Crippen LogP contribution in [0.15, 0.2) is 35.9 Å². The Morgan fingerprint density at radius 1 is 1.17 bits per heavy atom. The fourth-order valence-electron chi connectivity index (χ4n) is 3.80. The van der Waals surface area contributed by atoms with Gasteiger partial charge in [-0.15, -0.1) is 0 Å². The number of nitrogens with zero attached hydrogens (tertiary/aromatic N) is 1. The lowest BCUT2D eigenvalue weighted by Crippen LogP contribution is -2.35. The molecule has 1 aliphatic carbocycles. The minimum Gasteiger partial charge on any atom is -0.393 e. The number of benzene rings is 1. The van der Waals surface area contributed by atoms with Crippen LogP contribution in [0.1, 0.15) is 63.5 Å². The first kappa shape index (κ1) is 17.5. The molecule has 0 saturated carbocycles. The maximum atomic E-state index is 9.63. The fourth-order valence-corrected chi connectivity index (χ4v) is 3.80. The van der Waals surface area contributed by atoms with Crippen molar-refractivity contribution in [3.8, 4) is 0 Å². The lowest BCUT2D eigenvalue weighted by Gasteiger charge is -2.31. The molecule has 1 heterocycles. The maximum Gasteiger partial charge on any atom is 0.0574 e. The first-order chi connectivity index (χ1) is 11.7. The Kier molecular flexibility index (Phi) is 6.33. The molecule has 2 N–H and O–H groups in total. The summed E-state index contributed by atoms with van der Waals surface area (Å²) in [4.78, 5) is 2.38. The highest BCUT2D eigenvalue weighted by Gasteiger charge is 2.17. The second-order valence-electron chi connectivity index (χ2n) is 7.34. The Hall–Kier alpha value is -1.32. The van der Waals surface area contributed by atoms with Crippen molar-refractivity contribution in [3.63, 3.8) is 0 Å². The van der Waals surface area contributed by atoms with Crippen LogP contribution in [0.5, 0.6) is 0 Å². The van der Waals surface area contributed by atoms with E-state index in [0.717, 1.165) is 32.5 Å². The predicted octanol–water partition coefficient (Wildman–Crippen LogP) is 4.19. The van der Waals surface area contributed by atoms with Crippen molar-refractivity contribution in [2.45, 2.75) is 64.0 Å². The first-order valence-corrected chi connectivity index (χ1v) is 9.66. The molecular formula is C21H32N2O.